The van der Waals surface area contributed by atoms with E-state index in [1.165, 1.54) is 11.1 Å². The average Bonchev–Trinajstić information content (AvgIpc) is 2.30. The summed E-state index contributed by atoms with van der Waals surface area (Å²) < 4.78 is 0. The van der Waals surface area contributed by atoms with Crippen LogP contribution in [-0.4, -0.2) is 11.6 Å². The molecule has 84 valence electrons. The van der Waals surface area contributed by atoms with Gasteiger partial charge in [-0.3, -0.25) is 5.01 Å². The third kappa shape index (κ3) is 2.66. The molecule has 0 aliphatic carbocycles. The Morgan fingerprint density at radius 2 is 1.94 bits per heavy atom. The van der Waals surface area contributed by atoms with E-state index in [9.17, 15) is 0 Å². The zero-order chi connectivity index (χ0) is 11.4. The molecular formula is C14H18N2. The fourth-order valence-corrected chi connectivity index (χ4v) is 1.73. The fourth-order valence-electron chi connectivity index (χ4n) is 1.73. The third-order valence-electron chi connectivity index (χ3n) is 2.49. The summed E-state index contributed by atoms with van der Waals surface area (Å²) in [7, 11) is 0. The molecule has 2 rings (SSSR count). The second-order valence-electron chi connectivity index (χ2n) is 4.46. The first-order chi connectivity index (χ1) is 7.75. The molecule has 0 amide bonds. The van der Waals surface area contributed by atoms with Crippen molar-refractivity contribution in [3.63, 3.8) is 0 Å². The van der Waals surface area contributed by atoms with E-state index in [2.05, 4.69) is 67.0 Å². The van der Waals surface area contributed by atoms with E-state index in [4.69, 9.17) is 0 Å². The molecule has 1 heterocycles. The van der Waals surface area contributed by atoms with Crippen LogP contribution in [0.4, 0.5) is 0 Å². The summed E-state index contributed by atoms with van der Waals surface area (Å²) in [5.41, 5.74) is 5.75. The average molecular weight is 214 g/mol. The monoisotopic (exact) mass is 214 g/mol. The Bertz CT molecular complexity index is 390. The number of nitrogens with one attached hydrogen (secondary N) is 1. The van der Waals surface area contributed by atoms with Crippen LogP contribution in [0.3, 0.4) is 0 Å². The Balaban J connectivity index is 2.03. The van der Waals surface area contributed by atoms with Crippen molar-refractivity contribution in [1.29, 1.82) is 0 Å². The summed E-state index contributed by atoms with van der Waals surface area (Å²) in [4.78, 5) is 0. The number of rotatable bonds is 3. The van der Waals surface area contributed by atoms with Crippen LogP contribution in [-0.2, 0) is 0 Å². The van der Waals surface area contributed by atoms with E-state index in [-0.39, 0.29) is 0 Å². The molecule has 1 aliphatic heterocycles. The van der Waals surface area contributed by atoms with Crippen LogP contribution in [0.2, 0.25) is 0 Å². The molecule has 1 N–H and O–H groups in total. The topological polar surface area (TPSA) is 15.3 Å². The molecule has 2 nitrogen and oxygen atoms in total. The molecule has 1 aliphatic rings. The minimum absolute atomic E-state index is 0.656. The van der Waals surface area contributed by atoms with Gasteiger partial charge in [-0.2, -0.15) is 0 Å². The van der Waals surface area contributed by atoms with Crippen molar-refractivity contribution in [1.82, 2.24) is 10.4 Å². The van der Waals surface area contributed by atoms with Crippen LogP contribution >= 0.6 is 0 Å². The highest BCUT2D eigenvalue weighted by Crippen LogP contribution is 2.17. The zero-order valence-corrected chi connectivity index (χ0v) is 9.85. The van der Waals surface area contributed by atoms with Crippen LogP contribution in [0, 0.1) is 5.92 Å². The van der Waals surface area contributed by atoms with Gasteiger partial charge in [0, 0.05) is 24.5 Å². The second-order valence-corrected chi connectivity index (χ2v) is 4.46. The third-order valence-corrected chi connectivity index (χ3v) is 2.49. The maximum absolute atomic E-state index is 3.28. The molecule has 0 aromatic heterocycles. The minimum Gasteiger partial charge on any atom is -0.306 e. The SMILES string of the molecule is CC(C)CN1C=CC(c2ccccc2)=CN1. The smallest absolute Gasteiger partial charge is 0.0409 e. The number of nitrogens with zero attached hydrogens (tertiary/aromatic N) is 1. The molecule has 0 unspecified atom stereocenters. The molecule has 0 fully saturated rings. The Morgan fingerprint density at radius 1 is 1.19 bits per heavy atom. The van der Waals surface area contributed by atoms with Crippen LogP contribution in [0.15, 0.2) is 48.8 Å². The van der Waals surface area contributed by atoms with Crippen molar-refractivity contribution in [2.45, 2.75) is 13.8 Å². The molecule has 0 saturated carbocycles. The lowest BCUT2D eigenvalue weighted by Gasteiger charge is -2.25. The van der Waals surface area contributed by atoms with E-state index in [1.807, 2.05) is 6.07 Å². The molecule has 0 bridgehead atoms. The largest absolute Gasteiger partial charge is 0.306 e. The van der Waals surface area contributed by atoms with Crippen LogP contribution in [0.5, 0.6) is 0 Å². The van der Waals surface area contributed by atoms with Gasteiger partial charge in [-0.05, 0) is 17.6 Å². The molecule has 1 aromatic rings. The van der Waals surface area contributed by atoms with Gasteiger partial charge in [0.25, 0.3) is 0 Å². The highest BCUT2D eigenvalue weighted by atomic mass is 15.5. The molecule has 0 radical (unpaired) electrons. The van der Waals surface area contributed by atoms with Crippen LogP contribution in [0.25, 0.3) is 5.57 Å². The zero-order valence-electron chi connectivity index (χ0n) is 9.85. The summed E-state index contributed by atoms with van der Waals surface area (Å²) in [5, 5.41) is 2.11. The van der Waals surface area contributed by atoms with Crippen molar-refractivity contribution in [3.8, 4) is 0 Å². The van der Waals surface area contributed by atoms with Gasteiger partial charge in [0.15, 0.2) is 0 Å². The Morgan fingerprint density at radius 3 is 2.50 bits per heavy atom. The van der Waals surface area contributed by atoms with E-state index in [0.29, 0.717) is 5.92 Å². The van der Waals surface area contributed by atoms with Crippen molar-refractivity contribution in [2.24, 2.45) is 5.92 Å². The normalized spacial score (nSPS) is 14.9. The predicted molar refractivity (Wildman–Crippen MR) is 68.2 cm³/mol. The van der Waals surface area contributed by atoms with Gasteiger partial charge in [0.05, 0.1) is 0 Å². The van der Waals surface area contributed by atoms with Crippen molar-refractivity contribution >= 4 is 5.57 Å². The molecular weight excluding hydrogens is 196 g/mol. The number of hydrogen-bond acceptors (Lipinski definition) is 2. The number of allylic oxidation sites excluding steroid dienone is 2. The van der Waals surface area contributed by atoms with Gasteiger partial charge >= 0.3 is 0 Å². The Hall–Kier alpha value is -1.70. The summed E-state index contributed by atoms with van der Waals surface area (Å²) in [5.74, 6) is 0.656. The van der Waals surface area contributed by atoms with E-state index in [0.717, 1.165) is 6.54 Å². The van der Waals surface area contributed by atoms with Crippen LogP contribution in [0.1, 0.15) is 19.4 Å². The molecule has 0 spiro atoms. The maximum atomic E-state index is 3.28. The first-order valence-electron chi connectivity index (χ1n) is 5.72. The van der Waals surface area contributed by atoms with Crippen molar-refractivity contribution < 1.29 is 0 Å². The summed E-state index contributed by atoms with van der Waals surface area (Å²) in [6.07, 6.45) is 6.30. The van der Waals surface area contributed by atoms with Gasteiger partial charge in [-0.15, -0.1) is 0 Å². The molecule has 1 aromatic carbocycles. The molecule has 2 heteroatoms. The minimum atomic E-state index is 0.656. The second kappa shape index (κ2) is 4.88. The van der Waals surface area contributed by atoms with Gasteiger partial charge in [-0.1, -0.05) is 44.2 Å². The van der Waals surface area contributed by atoms with Gasteiger partial charge < -0.3 is 5.43 Å². The van der Waals surface area contributed by atoms with Gasteiger partial charge in [-0.25, -0.2) is 0 Å². The molecule has 0 atom stereocenters. The summed E-state index contributed by atoms with van der Waals surface area (Å²) >= 11 is 0. The highest BCUT2D eigenvalue weighted by Gasteiger charge is 2.06. The van der Waals surface area contributed by atoms with E-state index < -0.39 is 0 Å². The summed E-state index contributed by atoms with van der Waals surface area (Å²) in [6.45, 7) is 5.45. The van der Waals surface area contributed by atoms with Crippen LogP contribution < -0.4 is 5.43 Å². The molecule has 0 saturated heterocycles. The standard InChI is InChI=1S/C14H18N2/c1-12(2)11-16-9-8-14(10-15-16)13-6-4-3-5-7-13/h3-10,12,15H,11H2,1-2H3. The lowest BCUT2D eigenvalue weighted by Crippen LogP contribution is -2.34. The molecule has 16 heavy (non-hydrogen) atoms. The van der Waals surface area contributed by atoms with E-state index >= 15 is 0 Å². The summed E-state index contributed by atoms with van der Waals surface area (Å²) in [6, 6.07) is 10.4. The number of hydrazine groups is 1. The first-order valence-corrected chi connectivity index (χ1v) is 5.72. The number of hydrogen-bond donors (Lipinski definition) is 1. The Kier molecular flexibility index (Phi) is 3.30. The van der Waals surface area contributed by atoms with Gasteiger partial charge in [0.1, 0.15) is 0 Å². The van der Waals surface area contributed by atoms with E-state index in [1.54, 1.807) is 0 Å². The van der Waals surface area contributed by atoms with Crippen molar-refractivity contribution in [3.05, 3.63) is 54.4 Å². The quantitative estimate of drug-likeness (QED) is 0.832. The van der Waals surface area contributed by atoms with Gasteiger partial charge in [0.2, 0.25) is 0 Å². The lowest BCUT2D eigenvalue weighted by molar-refractivity contribution is 0.277. The fraction of sp³-hybridized carbons (Fsp3) is 0.286. The Labute approximate surface area is 97.2 Å². The lowest BCUT2D eigenvalue weighted by atomic mass is 10.1. The van der Waals surface area contributed by atoms with Crippen molar-refractivity contribution in [2.75, 3.05) is 6.54 Å². The number of benzene rings is 1. The highest BCUT2D eigenvalue weighted by molar-refractivity contribution is 5.74. The maximum Gasteiger partial charge on any atom is 0.0409 e. The predicted octanol–water partition coefficient (Wildman–Crippen LogP) is 3.02. The first kappa shape index (κ1) is 10.8.